The third-order valence-corrected chi connectivity index (χ3v) is 12.7. The zero-order valence-electron chi connectivity index (χ0n) is 36.4. The molecular weight excluding hydrogens is 729 g/mol. The Morgan fingerprint density at radius 3 is 1.92 bits per heavy atom. The molecule has 0 bridgehead atoms. The molecule has 59 heavy (non-hydrogen) atoms. The molecule has 0 unspecified atom stereocenters. The third-order valence-electron chi connectivity index (χ3n) is 11.8. The Labute approximate surface area is 358 Å². The predicted molar refractivity (Wildman–Crippen MR) is 261 cm³/mol. The number of allylic oxidation sites excluding steroid dienone is 2. The molecular formula is C58H58S. The average Bonchev–Trinajstić information content (AvgIpc) is 3.85. The second kappa shape index (κ2) is 18.0. The zero-order valence-corrected chi connectivity index (χ0v) is 37.2. The Hall–Kier alpha value is -5.76. The minimum atomic E-state index is -0.0131. The molecule has 7 aromatic carbocycles. The smallest absolute Gasteiger partial charge is 0.0342 e. The van der Waals surface area contributed by atoms with Crippen LogP contribution in [0.5, 0.6) is 0 Å². The topological polar surface area (TPSA) is 0 Å². The molecule has 0 spiro atoms. The van der Waals surface area contributed by atoms with Gasteiger partial charge in [0, 0.05) is 10.3 Å². The van der Waals surface area contributed by atoms with Crippen LogP contribution in [0.15, 0.2) is 169 Å². The third kappa shape index (κ3) is 8.54. The fourth-order valence-electron chi connectivity index (χ4n) is 8.57. The molecule has 0 saturated carbocycles. The molecule has 1 heterocycles. The molecule has 296 valence electrons. The van der Waals surface area contributed by atoms with E-state index >= 15 is 0 Å². The normalized spacial score (nSPS) is 12.8. The summed E-state index contributed by atoms with van der Waals surface area (Å²) < 4.78 is 0. The van der Waals surface area contributed by atoms with Gasteiger partial charge in [-0.25, -0.2) is 0 Å². The average molecular weight is 787 g/mol. The van der Waals surface area contributed by atoms with Crippen molar-refractivity contribution in [3.63, 3.8) is 0 Å². The summed E-state index contributed by atoms with van der Waals surface area (Å²) in [7, 11) is 0. The van der Waals surface area contributed by atoms with E-state index in [2.05, 4.69) is 199 Å². The summed E-state index contributed by atoms with van der Waals surface area (Å²) in [6.45, 7) is 19.8. The lowest BCUT2D eigenvalue weighted by Gasteiger charge is -2.23. The molecule has 10 rings (SSSR count). The summed E-state index contributed by atoms with van der Waals surface area (Å²) in [5.41, 5.74) is 20.6. The standard InChI is InChI=1S/C30H24S.C19H20.C7H8.C2H6/c1-19-13-14-24-26(16-19)30(2,3)27-18-25(22-10-4-5-11-23(22)29(24)27)20-8-6-9-21(17-20)28-12-7-15-31-28;1-13(2)16-10-11-18-17-7-5-4-6-15(17)9-8-14(3)19(18)12-16;1-7-5-3-2-4-6-7;1-2/h4-18H,1-3H3;4-8,10-13H,9H2,1-3H3;2-6H,1H3;1-2H3. The van der Waals surface area contributed by atoms with Gasteiger partial charge < -0.3 is 0 Å². The quantitative estimate of drug-likeness (QED) is 0.167. The molecule has 0 fully saturated rings. The number of benzene rings is 7. The first-order valence-electron chi connectivity index (χ1n) is 21.3. The lowest BCUT2D eigenvalue weighted by molar-refractivity contribution is 0.660. The molecule has 1 heteroatoms. The Balaban J connectivity index is 0.000000159. The number of aryl methyl sites for hydroxylation is 2. The number of hydrogen-bond donors (Lipinski definition) is 0. The Kier molecular flexibility index (Phi) is 12.6. The molecule has 1 aromatic heterocycles. The zero-order chi connectivity index (χ0) is 41.7. The van der Waals surface area contributed by atoms with Crippen molar-refractivity contribution in [2.24, 2.45) is 0 Å². The molecule has 0 aliphatic heterocycles. The minimum Gasteiger partial charge on any atom is -0.144 e. The van der Waals surface area contributed by atoms with Crippen LogP contribution >= 0.6 is 11.3 Å². The van der Waals surface area contributed by atoms with Crippen LogP contribution in [-0.4, -0.2) is 0 Å². The summed E-state index contributed by atoms with van der Waals surface area (Å²) >= 11 is 1.80. The molecule has 2 aliphatic carbocycles. The number of hydrogen-bond acceptors (Lipinski definition) is 1. The Morgan fingerprint density at radius 1 is 0.508 bits per heavy atom. The highest BCUT2D eigenvalue weighted by atomic mass is 32.1. The van der Waals surface area contributed by atoms with Crippen molar-refractivity contribution in [1.29, 1.82) is 0 Å². The van der Waals surface area contributed by atoms with Crippen molar-refractivity contribution in [3.8, 4) is 43.8 Å². The van der Waals surface area contributed by atoms with E-state index in [1.165, 1.54) is 99.1 Å². The predicted octanol–water partition coefficient (Wildman–Crippen LogP) is 17.3. The maximum Gasteiger partial charge on any atom is 0.0342 e. The largest absolute Gasteiger partial charge is 0.144 e. The van der Waals surface area contributed by atoms with Crippen LogP contribution in [0.3, 0.4) is 0 Å². The van der Waals surface area contributed by atoms with E-state index in [0.29, 0.717) is 5.92 Å². The second-order valence-electron chi connectivity index (χ2n) is 16.5. The van der Waals surface area contributed by atoms with Gasteiger partial charge in [0.25, 0.3) is 0 Å². The van der Waals surface area contributed by atoms with Crippen LogP contribution in [-0.2, 0) is 11.8 Å². The van der Waals surface area contributed by atoms with Gasteiger partial charge in [-0.15, -0.1) is 11.3 Å². The van der Waals surface area contributed by atoms with Crippen molar-refractivity contribution in [2.45, 2.75) is 80.1 Å². The summed E-state index contributed by atoms with van der Waals surface area (Å²) in [4.78, 5) is 1.32. The highest BCUT2D eigenvalue weighted by Crippen LogP contribution is 2.53. The fourth-order valence-corrected chi connectivity index (χ4v) is 9.29. The monoisotopic (exact) mass is 786 g/mol. The van der Waals surface area contributed by atoms with E-state index in [1.54, 1.807) is 11.3 Å². The SMILES string of the molecule is CC.CC1=CCc2ccccc2-c2ccc(C(C)C)cc21.Cc1ccc2c(c1)C(C)(C)c1cc(-c3cccc(-c4cccs4)c3)c3ccccc3c1-2.Cc1ccccc1. The van der Waals surface area contributed by atoms with Crippen molar-refractivity contribution in [2.75, 3.05) is 0 Å². The molecule has 8 aromatic rings. The Morgan fingerprint density at radius 2 is 1.20 bits per heavy atom. The molecule has 0 saturated heterocycles. The molecule has 0 amide bonds. The van der Waals surface area contributed by atoms with Crippen molar-refractivity contribution < 1.29 is 0 Å². The maximum absolute atomic E-state index is 2.46. The van der Waals surface area contributed by atoms with Crippen LogP contribution in [0.2, 0.25) is 0 Å². The highest BCUT2D eigenvalue weighted by Gasteiger charge is 2.37. The summed E-state index contributed by atoms with van der Waals surface area (Å²) in [5, 5.41) is 4.83. The Bertz CT molecular complexity index is 2720. The molecule has 0 atom stereocenters. The van der Waals surface area contributed by atoms with Gasteiger partial charge in [-0.05, 0) is 140 Å². The van der Waals surface area contributed by atoms with E-state index in [9.17, 15) is 0 Å². The van der Waals surface area contributed by atoms with E-state index in [-0.39, 0.29) is 5.41 Å². The number of rotatable bonds is 3. The van der Waals surface area contributed by atoms with E-state index in [4.69, 9.17) is 0 Å². The second-order valence-corrected chi connectivity index (χ2v) is 17.4. The van der Waals surface area contributed by atoms with Crippen LogP contribution < -0.4 is 0 Å². The van der Waals surface area contributed by atoms with E-state index in [1.807, 2.05) is 32.0 Å². The van der Waals surface area contributed by atoms with Gasteiger partial charge in [0.2, 0.25) is 0 Å². The summed E-state index contributed by atoms with van der Waals surface area (Å²) in [5.74, 6) is 0.580. The van der Waals surface area contributed by atoms with E-state index in [0.717, 1.165) is 6.42 Å². The van der Waals surface area contributed by atoms with Crippen LogP contribution in [0.25, 0.3) is 60.2 Å². The van der Waals surface area contributed by atoms with Gasteiger partial charge in [-0.2, -0.15) is 0 Å². The van der Waals surface area contributed by atoms with Crippen LogP contribution in [0, 0.1) is 13.8 Å². The van der Waals surface area contributed by atoms with Gasteiger partial charge in [0.1, 0.15) is 0 Å². The summed E-state index contributed by atoms with van der Waals surface area (Å²) in [6.07, 6.45) is 3.39. The van der Waals surface area contributed by atoms with Gasteiger partial charge in [-0.3, -0.25) is 0 Å². The lowest BCUT2D eigenvalue weighted by Crippen LogP contribution is -2.15. The molecule has 0 radical (unpaired) electrons. The highest BCUT2D eigenvalue weighted by molar-refractivity contribution is 7.13. The minimum absolute atomic E-state index is 0.0131. The summed E-state index contributed by atoms with van der Waals surface area (Å²) in [6, 6.07) is 57.6. The molecule has 0 nitrogen and oxygen atoms in total. The van der Waals surface area contributed by atoms with Gasteiger partial charge in [0.15, 0.2) is 0 Å². The molecule has 2 aliphatic rings. The van der Waals surface area contributed by atoms with Crippen molar-refractivity contribution in [3.05, 3.63) is 208 Å². The van der Waals surface area contributed by atoms with Gasteiger partial charge in [-0.1, -0.05) is 198 Å². The first kappa shape index (κ1) is 41.4. The van der Waals surface area contributed by atoms with Crippen molar-refractivity contribution >= 4 is 27.7 Å². The lowest BCUT2D eigenvalue weighted by atomic mass is 9.80. The number of thiophene rings is 1. The first-order chi connectivity index (χ1) is 28.6. The first-order valence-corrected chi connectivity index (χ1v) is 22.2. The van der Waals surface area contributed by atoms with Crippen molar-refractivity contribution in [1.82, 2.24) is 0 Å². The molecule has 0 N–H and O–H groups in total. The van der Waals surface area contributed by atoms with E-state index < -0.39 is 0 Å². The van der Waals surface area contributed by atoms with Crippen LogP contribution in [0.4, 0.5) is 0 Å². The van der Waals surface area contributed by atoms with Gasteiger partial charge >= 0.3 is 0 Å². The van der Waals surface area contributed by atoms with Crippen LogP contribution in [0.1, 0.15) is 93.3 Å². The van der Waals surface area contributed by atoms with Gasteiger partial charge in [0.05, 0.1) is 0 Å². The maximum atomic E-state index is 2.46. The number of fused-ring (bicyclic) bond motifs is 8. The fraction of sp³-hybridized carbons (Fsp3) is 0.207.